The van der Waals surface area contributed by atoms with Crippen LogP contribution in [-0.2, 0) is 18.0 Å². The molecule has 0 heterocycles. The maximum atomic E-state index is 13.1. The Labute approximate surface area is 196 Å². The van der Waals surface area contributed by atoms with E-state index in [2.05, 4.69) is 49.1 Å². The molecule has 1 fully saturated rings. The van der Waals surface area contributed by atoms with Crippen molar-refractivity contribution in [3.8, 4) is 6.07 Å². The van der Waals surface area contributed by atoms with Gasteiger partial charge in [-0.15, -0.1) is 0 Å². The zero-order chi connectivity index (χ0) is 23.9. The van der Waals surface area contributed by atoms with Crippen LogP contribution in [0, 0.1) is 17.2 Å². The molecule has 178 valence electrons. The van der Waals surface area contributed by atoms with E-state index in [-0.39, 0.29) is 5.92 Å². The largest absolute Gasteiger partial charge is 0.416 e. The summed E-state index contributed by atoms with van der Waals surface area (Å²) >= 11 is 0. The summed E-state index contributed by atoms with van der Waals surface area (Å²) in [6.07, 6.45) is 2.24. The van der Waals surface area contributed by atoms with Crippen LogP contribution in [0.2, 0.25) is 0 Å². The van der Waals surface area contributed by atoms with Gasteiger partial charge in [-0.2, -0.15) is 18.4 Å². The lowest BCUT2D eigenvalue weighted by molar-refractivity contribution is -0.137. The molecule has 2 aromatic carbocycles. The summed E-state index contributed by atoms with van der Waals surface area (Å²) in [5.41, 5.74) is 0.676. The monoisotopic (exact) mass is 456 g/mol. The number of benzene rings is 2. The van der Waals surface area contributed by atoms with E-state index >= 15 is 0 Å². The van der Waals surface area contributed by atoms with Crippen molar-refractivity contribution in [2.24, 2.45) is 5.92 Å². The first kappa shape index (κ1) is 25.3. The molecule has 3 rings (SSSR count). The molecular formula is C28H35F3N2. The maximum absolute atomic E-state index is 13.1. The van der Waals surface area contributed by atoms with Gasteiger partial charge < -0.3 is 4.90 Å². The highest BCUT2D eigenvalue weighted by atomic mass is 19.4. The highest BCUT2D eigenvalue weighted by Crippen LogP contribution is 2.45. The molecule has 1 atom stereocenters. The Hall–Kier alpha value is -2.32. The van der Waals surface area contributed by atoms with Gasteiger partial charge in [0.1, 0.15) is 0 Å². The van der Waals surface area contributed by atoms with Crippen LogP contribution in [0.1, 0.15) is 69.1 Å². The molecule has 1 saturated carbocycles. The van der Waals surface area contributed by atoms with Crippen LogP contribution in [0.5, 0.6) is 0 Å². The average Bonchev–Trinajstić information content (AvgIpc) is 3.34. The van der Waals surface area contributed by atoms with Gasteiger partial charge in [-0.1, -0.05) is 55.3 Å². The minimum absolute atomic E-state index is 0.205. The third-order valence-electron chi connectivity index (χ3n) is 7.26. The van der Waals surface area contributed by atoms with Gasteiger partial charge in [0.25, 0.3) is 0 Å². The summed E-state index contributed by atoms with van der Waals surface area (Å²) in [4.78, 5) is 2.44. The highest BCUT2D eigenvalue weighted by molar-refractivity contribution is 5.37. The molecule has 1 aliphatic carbocycles. The van der Waals surface area contributed by atoms with Gasteiger partial charge in [-0.3, -0.25) is 0 Å². The minimum atomic E-state index is -4.36. The summed E-state index contributed by atoms with van der Waals surface area (Å²) in [7, 11) is 0. The number of hydrogen-bond donors (Lipinski definition) is 0. The van der Waals surface area contributed by atoms with Gasteiger partial charge in [-0.25, -0.2) is 0 Å². The van der Waals surface area contributed by atoms with Gasteiger partial charge in [0.15, 0.2) is 0 Å². The van der Waals surface area contributed by atoms with E-state index < -0.39 is 17.2 Å². The van der Waals surface area contributed by atoms with Crippen LogP contribution in [-0.4, -0.2) is 24.0 Å². The molecule has 0 amide bonds. The van der Waals surface area contributed by atoms with Crippen LogP contribution >= 0.6 is 0 Å². The normalized spacial score (nSPS) is 16.8. The number of halogens is 3. The Morgan fingerprint density at radius 2 is 1.55 bits per heavy atom. The first-order valence-electron chi connectivity index (χ1n) is 12.1. The fourth-order valence-corrected chi connectivity index (χ4v) is 5.28. The van der Waals surface area contributed by atoms with Crippen LogP contribution in [0.4, 0.5) is 13.2 Å². The van der Waals surface area contributed by atoms with Crippen molar-refractivity contribution in [2.45, 2.75) is 76.4 Å². The third-order valence-corrected chi connectivity index (χ3v) is 7.26. The Bertz CT molecular complexity index is 893. The lowest BCUT2D eigenvalue weighted by Gasteiger charge is -2.35. The van der Waals surface area contributed by atoms with Crippen molar-refractivity contribution in [3.63, 3.8) is 0 Å². The second kappa shape index (κ2) is 11.2. The Morgan fingerprint density at radius 3 is 2.09 bits per heavy atom. The summed E-state index contributed by atoms with van der Waals surface area (Å²) < 4.78 is 39.3. The molecule has 1 aliphatic rings. The molecule has 0 bridgehead atoms. The summed E-state index contributed by atoms with van der Waals surface area (Å²) in [6, 6.07) is 18.8. The fourth-order valence-electron chi connectivity index (χ4n) is 5.28. The van der Waals surface area contributed by atoms with Gasteiger partial charge >= 0.3 is 6.18 Å². The average molecular weight is 457 g/mol. The van der Waals surface area contributed by atoms with Crippen molar-refractivity contribution in [2.75, 3.05) is 13.1 Å². The lowest BCUT2D eigenvalue weighted by atomic mass is 9.67. The van der Waals surface area contributed by atoms with Gasteiger partial charge in [0, 0.05) is 12.6 Å². The van der Waals surface area contributed by atoms with Crippen molar-refractivity contribution in [3.05, 3.63) is 71.3 Å². The summed E-state index contributed by atoms with van der Waals surface area (Å²) in [6.45, 7) is 6.21. The van der Waals surface area contributed by atoms with E-state index in [1.54, 1.807) is 12.1 Å². The number of hydrogen-bond acceptors (Lipinski definition) is 2. The summed E-state index contributed by atoms with van der Waals surface area (Å²) in [5.74, 6) is 0.205. The molecular weight excluding hydrogens is 421 g/mol. The molecule has 5 heteroatoms. The molecule has 0 aromatic heterocycles. The van der Waals surface area contributed by atoms with E-state index in [0.29, 0.717) is 12.5 Å². The zero-order valence-corrected chi connectivity index (χ0v) is 19.7. The molecule has 2 nitrogen and oxygen atoms in total. The van der Waals surface area contributed by atoms with E-state index in [4.69, 9.17) is 0 Å². The molecule has 1 unspecified atom stereocenters. The first-order chi connectivity index (χ1) is 15.8. The zero-order valence-electron chi connectivity index (χ0n) is 19.7. The Morgan fingerprint density at radius 1 is 0.939 bits per heavy atom. The number of alkyl halides is 3. The number of rotatable bonds is 10. The van der Waals surface area contributed by atoms with Gasteiger partial charge in [0.05, 0.1) is 17.0 Å². The topological polar surface area (TPSA) is 27.0 Å². The molecule has 0 saturated heterocycles. The van der Waals surface area contributed by atoms with Crippen molar-refractivity contribution >= 4 is 0 Å². The third kappa shape index (κ3) is 6.38. The fraction of sp³-hybridized carbons (Fsp3) is 0.536. The molecule has 2 aromatic rings. The molecule has 33 heavy (non-hydrogen) atoms. The molecule has 0 aliphatic heterocycles. The van der Waals surface area contributed by atoms with Crippen molar-refractivity contribution in [1.82, 2.24) is 4.90 Å². The standard InChI is InChI=1S/C28H35F3N2/c1-22(2)33(20-17-23-9-4-3-5-10-23)19-8-18-27(21-32,24-11-6-7-12-24)25-13-15-26(16-14-25)28(29,30)31/h3-5,9-10,13-16,22,24H,6-8,11-12,17-20H2,1-2H3. The quantitative estimate of drug-likeness (QED) is 0.373. The highest BCUT2D eigenvalue weighted by Gasteiger charge is 2.42. The van der Waals surface area contributed by atoms with Crippen molar-refractivity contribution in [1.29, 1.82) is 5.26 Å². The smallest absolute Gasteiger partial charge is 0.301 e. The predicted octanol–water partition coefficient (Wildman–Crippen LogP) is 7.39. The number of nitriles is 1. The molecule has 0 N–H and O–H groups in total. The molecule has 0 radical (unpaired) electrons. The van der Waals surface area contributed by atoms with Crippen molar-refractivity contribution < 1.29 is 13.2 Å². The predicted molar refractivity (Wildman–Crippen MR) is 127 cm³/mol. The van der Waals surface area contributed by atoms with Crippen LogP contribution < -0.4 is 0 Å². The van der Waals surface area contributed by atoms with Gasteiger partial charge in [-0.05, 0) is 81.7 Å². The maximum Gasteiger partial charge on any atom is 0.416 e. The Balaban J connectivity index is 1.72. The molecule has 0 spiro atoms. The van der Waals surface area contributed by atoms with Crippen LogP contribution in [0.15, 0.2) is 54.6 Å². The lowest BCUT2D eigenvalue weighted by Crippen LogP contribution is -2.37. The Kier molecular flexibility index (Phi) is 8.59. The van der Waals surface area contributed by atoms with E-state index in [9.17, 15) is 18.4 Å². The second-order valence-corrected chi connectivity index (χ2v) is 9.61. The minimum Gasteiger partial charge on any atom is -0.301 e. The van der Waals surface area contributed by atoms with Crippen LogP contribution in [0.3, 0.4) is 0 Å². The van der Waals surface area contributed by atoms with E-state index in [0.717, 1.165) is 69.3 Å². The van der Waals surface area contributed by atoms with E-state index in [1.807, 2.05) is 6.07 Å². The van der Waals surface area contributed by atoms with Crippen LogP contribution in [0.25, 0.3) is 0 Å². The van der Waals surface area contributed by atoms with Gasteiger partial charge in [0.2, 0.25) is 0 Å². The second-order valence-electron chi connectivity index (χ2n) is 9.61. The summed E-state index contributed by atoms with van der Waals surface area (Å²) in [5, 5.41) is 10.4. The first-order valence-corrected chi connectivity index (χ1v) is 12.1. The van der Waals surface area contributed by atoms with E-state index in [1.165, 1.54) is 5.56 Å². The SMILES string of the molecule is CC(C)N(CCCC(C#N)(c1ccc(C(F)(F)F)cc1)C1CCCC1)CCc1ccccc1. The number of nitrogens with zero attached hydrogens (tertiary/aromatic N) is 2.